The second-order valence-corrected chi connectivity index (χ2v) is 15.8. The number of hydrogen-bond donors (Lipinski definition) is 0. The number of aromatic nitrogens is 1. The summed E-state index contributed by atoms with van der Waals surface area (Å²) in [4.78, 5) is 17.9. The van der Waals surface area contributed by atoms with Gasteiger partial charge in [-0.25, -0.2) is 0 Å². The van der Waals surface area contributed by atoms with Gasteiger partial charge in [0.2, 0.25) is 5.85 Å². The number of hydrogen-bond acceptors (Lipinski definition) is 6. The van der Waals surface area contributed by atoms with E-state index in [0.717, 1.165) is 70.6 Å². The Morgan fingerprint density at radius 2 is 1.40 bits per heavy atom. The molecule has 7 heteroatoms. The van der Waals surface area contributed by atoms with E-state index in [1.54, 1.807) is 18.5 Å². The Morgan fingerprint density at radius 1 is 0.850 bits per heavy atom. The van der Waals surface area contributed by atoms with Crippen LogP contribution in [0.2, 0.25) is 0 Å². The van der Waals surface area contributed by atoms with E-state index in [0.29, 0.717) is 29.2 Å². The van der Waals surface area contributed by atoms with Gasteiger partial charge >= 0.3 is 13.6 Å². The molecule has 226 valence electrons. The third-order valence-electron chi connectivity index (χ3n) is 10.2. The van der Waals surface area contributed by atoms with Crippen LogP contribution in [0.15, 0.2) is 24.5 Å². The third kappa shape index (κ3) is 7.98. The van der Waals surface area contributed by atoms with Gasteiger partial charge in [-0.05, 0) is 92.9 Å². The van der Waals surface area contributed by atoms with Crippen LogP contribution in [-0.4, -0.2) is 23.2 Å². The highest BCUT2D eigenvalue weighted by Crippen LogP contribution is 2.65. The maximum Gasteiger partial charge on any atom is 0.376 e. The Labute approximate surface area is 243 Å². The van der Waals surface area contributed by atoms with E-state index in [1.165, 1.54) is 0 Å². The molecule has 3 saturated carbocycles. The maximum atomic E-state index is 15.4. The van der Waals surface area contributed by atoms with E-state index < -0.39 is 13.4 Å². The summed E-state index contributed by atoms with van der Waals surface area (Å²) in [6.07, 6.45) is 13.8. The van der Waals surface area contributed by atoms with Crippen molar-refractivity contribution >= 4 is 13.6 Å². The van der Waals surface area contributed by atoms with Gasteiger partial charge in [0, 0.05) is 18.0 Å². The van der Waals surface area contributed by atoms with Gasteiger partial charge in [-0.1, -0.05) is 66.9 Å². The molecule has 8 atom stereocenters. The number of pyridine rings is 1. The Morgan fingerprint density at radius 3 is 1.88 bits per heavy atom. The number of ether oxygens (including phenoxy) is 1. The summed E-state index contributed by atoms with van der Waals surface area (Å²) in [5, 5.41) is 0. The lowest BCUT2D eigenvalue weighted by atomic mass is 9.76. The highest BCUT2D eigenvalue weighted by Gasteiger charge is 2.48. The fourth-order valence-corrected chi connectivity index (χ4v) is 9.39. The van der Waals surface area contributed by atoms with Crippen LogP contribution in [0.1, 0.15) is 124 Å². The van der Waals surface area contributed by atoms with E-state index >= 15 is 4.57 Å². The molecule has 0 spiro atoms. The number of rotatable bonds is 10. The molecule has 6 nitrogen and oxygen atoms in total. The quantitative estimate of drug-likeness (QED) is 0.204. The van der Waals surface area contributed by atoms with Gasteiger partial charge in [0.25, 0.3) is 0 Å². The molecule has 0 aliphatic heterocycles. The molecule has 3 fully saturated rings. The highest BCUT2D eigenvalue weighted by molar-refractivity contribution is 7.54. The fraction of sp³-hybridized carbons (Fsp3) is 0.818. The summed E-state index contributed by atoms with van der Waals surface area (Å²) in [5.74, 6) is 1.02. The van der Waals surface area contributed by atoms with Gasteiger partial charge in [0.05, 0.1) is 18.1 Å². The minimum absolute atomic E-state index is 0.167. The van der Waals surface area contributed by atoms with Crippen molar-refractivity contribution in [2.45, 2.75) is 130 Å². The topological polar surface area (TPSA) is 74.7 Å². The molecule has 3 aliphatic carbocycles. The predicted molar refractivity (Wildman–Crippen MR) is 160 cm³/mol. The molecule has 0 saturated heterocycles. The molecule has 3 aliphatic rings. The fourth-order valence-electron chi connectivity index (χ4n) is 7.02. The second-order valence-electron chi connectivity index (χ2n) is 13.8. The Kier molecular flexibility index (Phi) is 11.3. The average molecular weight is 576 g/mol. The zero-order chi connectivity index (χ0) is 28.9. The van der Waals surface area contributed by atoms with Crippen molar-refractivity contribution in [3.05, 3.63) is 30.1 Å². The molecule has 40 heavy (non-hydrogen) atoms. The first kappa shape index (κ1) is 31.7. The molecular formula is C33H54NO5P. The summed E-state index contributed by atoms with van der Waals surface area (Å²) in [5.41, 5.74) is 0.586. The van der Waals surface area contributed by atoms with Crippen molar-refractivity contribution in [3.63, 3.8) is 0 Å². The van der Waals surface area contributed by atoms with Gasteiger partial charge < -0.3 is 13.8 Å². The van der Waals surface area contributed by atoms with Gasteiger partial charge in [0.1, 0.15) is 0 Å². The Bertz CT molecular complexity index is 940. The van der Waals surface area contributed by atoms with E-state index in [-0.39, 0.29) is 35.9 Å². The van der Waals surface area contributed by atoms with Gasteiger partial charge in [0.15, 0.2) is 0 Å². The van der Waals surface area contributed by atoms with Crippen LogP contribution >= 0.6 is 7.60 Å². The molecule has 0 N–H and O–H groups in total. The molecule has 4 rings (SSSR count). The van der Waals surface area contributed by atoms with E-state index in [2.05, 4.69) is 46.5 Å². The molecule has 0 bridgehead atoms. The van der Waals surface area contributed by atoms with Crippen LogP contribution in [0.25, 0.3) is 0 Å². The van der Waals surface area contributed by atoms with Gasteiger partial charge in [-0.3, -0.25) is 14.3 Å². The van der Waals surface area contributed by atoms with Crippen molar-refractivity contribution in [1.29, 1.82) is 0 Å². The van der Waals surface area contributed by atoms with Crippen LogP contribution in [0.3, 0.4) is 0 Å². The lowest BCUT2D eigenvalue weighted by molar-refractivity contribution is -0.153. The standard InChI is InChI=1S/C33H54NO5P/c1-22(2)27-16-14-24(5)30(19-27)38-40(36,39-31-20-28(23(3)4)17-15-25(31)6)33(29-13-10-18-34-21-29)37-32(35)26-11-8-7-9-12-26/h10,13,18,21-28,30-31,33H,7-9,11-12,14-17,19-20H2,1-6H3/t24-,25+,27-,28-,30-,31-,33+,40?/m1/s1. The van der Waals surface area contributed by atoms with E-state index in [4.69, 9.17) is 13.8 Å². The van der Waals surface area contributed by atoms with Gasteiger partial charge in [-0.15, -0.1) is 0 Å². The normalized spacial score (nSPS) is 32.5. The molecule has 0 radical (unpaired) electrons. The van der Waals surface area contributed by atoms with Crippen molar-refractivity contribution in [3.8, 4) is 0 Å². The van der Waals surface area contributed by atoms with Gasteiger partial charge in [-0.2, -0.15) is 0 Å². The zero-order valence-corrected chi connectivity index (χ0v) is 26.7. The van der Waals surface area contributed by atoms with E-state index in [9.17, 15) is 4.79 Å². The molecule has 1 aromatic rings. The first-order valence-corrected chi connectivity index (χ1v) is 17.8. The minimum Gasteiger partial charge on any atom is -0.444 e. The molecule has 1 aromatic heterocycles. The van der Waals surface area contributed by atoms with Crippen molar-refractivity contribution in [1.82, 2.24) is 4.98 Å². The zero-order valence-electron chi connectivity index (χ0n) is 25.8. The second kappa shape index (κ2) is 14.3. The lowest BCUT2D eigenvalue weighted by Gasteiger charge is -2.42. The van der Waals surface area contributed by atoms with Crippen LogP contribution in [0.5, 0.6) is 0 Å². The number of nitrogens with zero attached hydrogens (tertiary/aromatic N) is 1. The number of carbonyl (C=O) groups excluding carboxylic acids is 1. The first-order chi connectivity index (χ1) is 19.1. The van der Waals surface area contributed by atoms with Crippen LogP contribution in [-0.2, 0) is 23.1 Å². The molecule has 1 heterocycles. The van der Waals surface area contributed by atoms with Crippen LogP contribution in [0.4, 0.5) is 0 Å². The molecular weight excluding hydrogens is 521 g/mol. The highest BCUT2D eigenvalue weighted by atomic mass is 31.2. The average Bonchev–Trinajstić information content (AvgIpc) is 2.94. The summed E-state index contributed by atoms with van der Waals surface area (Å²) >= 11 is 0. The van der Waals surface area contributed by atoms with Crippen molar-refractivity contribution in [2.75, 3.05) is 0 Å². The SMILES string of the molecule is CC(C)[C@@H]1CC[C@@H](C)[C@H](OP(=O)(O[C@@H]2C[C@H](C(C)C)CC[C@@H]2C)[C@H](OC(=O)C2CCCCC2)c2cccnc2)C1. The largest absolute Gasteiger partial charge is 0.444 e. The minimum atomic E-state index is -3.96. The lowest BCUT2D eigenvalue weighted by Crippen LogP contribution is -2.36. The summed E-state index contributed by atoms with van der Waals surface area (Å²) in [6.45, 7) is 13.4. The summed E-state index contributed by atoms with van der Waals surface area (Å²) < 4.78 is 35.1. The summed E-state index contributed by atoms with van der Waals surface area (Å²) in [7, 11) is -3.96. The molecule has 1 unspecified atom stereocenters. The number of carbonyl (C=O) groups is 1. The van der Waals surface area contributed by atoms with Crippen LogP contribution < -0.4 is 0 Å². The van der Waals surface area contributed by atoms with E-state index in [1.807, 2.05) is 6.07 Å². The summed E-state index contributed by atoms with van der Waals surface area (Å²) in [6, 6.07) is 3.64. The van der Waals surface area contributed by atoms with Crippen LogP contribution in [0, 0.1) is 41.4 Å². The first-order valence-electron chi connectivity index (χ1n) is 16.1. The molecule has 0 aromatic carbocycles. The Balaban J connectivity index is 1.69. The smallest absolute Gasteiger partial charge is 0.376 e. The van der Waals surface area contributed by atoms with Crippen molar-refractivity contribution < 1.29 is 23.1 Å². The third-order valence-corrected chi connectivity index (χ3v) is 12.3. The predicted octanol–water partition coefficient (Wildman–Crippen LogP) is 9.35. The van der Waals surface area contributed by atoms with Crippen molar-refractivity contribution in [2.24, 2.45) is 41.4 Å². The maximum absolute atomic E-state index is 15.4. The monoisotopic (exact) mass is 575 g/mol. The Hall–Kier alpha value is -1.23. The molecule has 0 amide bonds. The number of esters is 1.